The van der Waals surface area contributed by atoms with E-state index in [2.05, 4.69) is 41.1 Å². The fourth-order valence-corrected chi connectivity index (χ4v) is 4.33. The van der Waals surface area contributed by atoms with Crippen LogP contribution >= 0.6 is 0 Å². The van der Waals surface area contributed by atoms with E-state index >= 15 is 0 Å². The van der Waals surface area contributed by atoms with E-state index in [0.717, 1.165) is 42.8 Å². The first-order valence-electron chi connectivity index (χ1n) is 10.9. The van der Waals surface area contributed by atoms with Gasteiger partial charge in [0.15, 0.2) is 0 Å². The molecule has 3 atom stereocenters. The van der Waals surface area contributed by atoms with Crippen LogP contribution in [0.25, 0.3) is 11.4 Å². The highest BCUT2D eigenvalue weighted by Gasteiger charge is 2.23. The van der Waals surface area contributed by atoms with Crippen molar-refractivity contribution in [3.05, 3.63) is 30.2 Å². The molecule has 2 heterocycles. The van der Waals surface area contributed by atoms with Gasteiger partial charge in [-0.2, -0.15) is 4.98 Å². The molecule has 1 aromatic carbocycles. The number of carbonyl (C=O) groups is 1. The summed E-state index contributed by atoms with van der Waals surface area (Å²) in [7, 11) is 1.63. The van der Waals surface area contributed by atoms with E-state index in [1.54, 1.807) is 7.11 Å². The average Bonchev–Trinajstić information content (AvgIpc) is 3.16. The molecule has 0 aliphatic carbocycles. The zero-order valence-electron chi connectivity index (χ0n) is 18.6. The predicted octanol–water partition coefficient (Wildman–Crippen LogP) is 3.55. The molecule has 3 rings (SSSR count). The number of aromatic nitrogens is 2. The molecule has 30 heavy (non-hydrogen) atoms. The van der Waals surface area contributed by atoms with E-state index in [1.165, 1.54) is 6.42 Å². The standard InChI is InChI=1S/C23H34N4O3/c1-16-12-17(2)14-27(13-16)15-18(3)24-21(28)6-5-7-22-25-23(26-30-22)19-8-10-20(29-4)11-9-19/h8-11,16-18H,5-7,12-15H2,1-4H3,(H,24,28). The van der Waals surface area contributed by atoms with Crippen molar-refractivity contribution in [2.24, 2.45) is 11.8 Å². The van der Waals surface area contributed by atoms with Gasteiger partial charge in [-0.05, 0) is 55.9 Å². The highest BCUT2D eigenvalue weighted by Crippen LogP contribution is 2.21. The maximum Gasteiger partial charge on any atom is 0.226 e. The average molecular weight is 415 g/mol. The molecule has 1 saturated heterocycles. The summed E-state index contributed by atoms with van der Waals surface area (Å²) in [5, 5.41) is 7.16. The summed E-state index contributed by atoms with van der Waals surface area (Å²) >= 11 is 0. The van der Waals surface area contributed by atoms with Gasteiger partial charge in [0.25, 0.3) is 0 Å². The molecular weight excluding hydrogens is 380 g/mol. The van der Waals surface area contributed by atoms with Gasteiger partial charge in [-0.1, -0.05) is 19.0 Å². The molecule has 3 unspecified atom stereocenters. The first-order valence-corrected chi connectivity index (χ1v) is 10.9. The minimum absolute atomic E-state index is 0.0792. The zero-order chi connectivity index (χ0) is 21.5. The number of likely N-dealkylation sites (tertiary alicyclic amines) is 1. The van der Waals surface area contributed by atoms with E-state index in [0.29, 0.717) is 31.0 Å². The van der Waals surface area contributed by atoms with Crippen LogP contribution in [-0.4, -0.2) is 53.7 Å². The smallest absolute Gasteiger partial charge is 0.226 e. The van der Waals surface area contributed by atoms with Crippen molar-refractivity contribution in [2.75, 3.05) is 26.7 Å². The van der Waals surface area contributed by atoms with E-state index in [1.807, 2.05) is 24.3 Å². The number of piperidine rings is 1. The number of carbonyl (C=O) groups excluding carboxylic acids is 1. The van der Waals surface area contributed by atoms with Crippen molar-refractivity contribution < 1.29 is 14.1 Å². The quantitative estimate of drug-likeness (QED) is 0.676. The summed E-state index contributed by atoms with van der Waals surface area (Å²) in [4.78, 5) is 19.2. The van der Waals surface area contributed by atoms with E-state index in [-0.39, 0.29) is 11.9 Å². The molecule has 0 saturated carbocycles. The predicted molar refractivity (Wildman–Crippen MR) is 116 cm³/mol. The lowest BCUT2D eigenvalue weighted by Gasteiger charge is -2.36. The molecule has 1 N–H and O–H groups in total. The van der Waals surface area contributed by atoms with Gasteiger partial charge in [0.2, 0.25) is 17.6 Å². The summed E-state index contributed by atoms with van der Waals surface area (Å²) in [5.74, 6) is 3.43. The van der Waals surface area contributed by atoms with Crippen molar-refractivity contribution in [3.63, 3.8) is 0 Å². The topological polar surface area (TPSA) is 80.5 Å². The Balaban J connectivity index is 1.38. The SMILES string of the molecule is COc1ccc(-c2noc(CCCC(=O)NC(C)CN3CC(C)CC(C)C3)n2)cc1. The van der Waals surface area contributed by atoms with Gasteiger partial charge in [0.05, 0.1) is 7.11 Å². The van der Waals surface area contributed by atoms with Gasteiger partial charge >= 0.3 is 0 Å². The summed E-state index contributed by atoms with van der Waals surface area (Å²) in [6.07, 6.45) is 3.02. The number of amides is 1. The van der Waals surface area contributed by atoms with Gasteiger partial charge in [-0.3, -0.25) is 4.79 Å². The van der Waals surface area contributed by atoms with Crippen molar-refractivity contribution in [1.82, 2.24) is 20.4 Å². The van der Waals surface area contributed by atoms with E-state index in [4.69, 9.17) is 9.26 Å². The highest BCUT2D eigenvalue weighted by molar-refractivity contribution is 5.76. The van der Waals surface area contributed by atoms with Crippen LogP contribution in [0.5, 0.6) is 5.75 Å². The second kappa shape index (κ2) is 10.6. The second-order valence-electron chi connectivity index (χ2n) is 8.73. The fraction of sp³-hybridized carbons (Fsp3) is 0.609. The molecule has 1 amide bonds. The zero-order valence-corrected chi connectivity index (χ0v) is 18.6. The minimum atomic E-state index is 0.0792. The maximum atomic E-state index is 12.3. The molecule has 0 radical (unpaired) electrons. The molecule has 2 aromatic rings. The molecule has 0 spiro atoms. The Morgan fingerprint density at radius 3 is 2.63 bits per heavy atom. The van der Waals surface area contributed by atoms with Crippen LogP contribution in [0.15, 0.2) is 28.8 Å². The molecule has 1 aliphatic rings. The monoisotopic (exact) mass is 414 g/mol. The van der Waals surface area contributed by atoms with Crippen molar-refractivity contribution in [1.29, 1.82) is 0 Å². The van der Waals surface area contributed by atoms with Crippen LogP contribution in [0.4, 0.5) is 0 Å². The molecule has 1 fully saturated rings. The molecule has 0 bridgehead atoms. The largest absolute Gasteiger partial charge is 0.497 e. The van der Waals surface area contributed by atoms with Crippen LogP contribution in [0.3, 0.4) is 0 Å². The van der Waals surface area contributed by atoms with Gasteiger partial charge in [-0.25, -0.2) is 0 Å². The van der Waals surface area contributed by atoms with Crippen LogP contribution in [0, 0.1) is 11.8 Å². The first kappa shape index (κ1) is 22.3. The Hall–Kier alpha value is -2.41. The lowest BCUT2D eigenvalue weighted by Crippen LogP contribution is -2.46. The third-order valence-electron chi connectivity index (χ3n) is 5.49. The number of hydrogen-bond donors (Lipinski definition) is 1. The molecular formula is C23H34N4O3. The molecule has 7 nitrogen and oxygen atoms in total. The number of aryl methyl sites for hydroxylation is 1. The normalized spacial score (nSPS) is 20.7. The number of hydrogen-bond acceptors (Lipinski definition) is 6. The Kier molecular flexibility index (Phi) is 7.85. The van der Waals surface area contributed by atoms with E-state index in [9.17, 15) is 4.79 Å². The maximum absolute atomic E-state index is 12.3. The van der Waals surface area contributed by atoms with Gasteiger partial charge in [0.1, 0.15) is 5.75 Å². The number of nitrogens with one attached hydrogen (secondary N) is 1. The third kappa shape index (κ3) is 6.55. The molecule has 7 heteroatoms. The Morgan fingerprint density at radius 1 is 1.27 bits per heavy atom. The van der Waals surface area contributed by atoms with Gasteiger partial charge in [-0.15, -0.1) is 0 Å². The van der Waals surface area contributed by atoms with Gasteiger partial charge < -0.3 is 19.5 Å². The minimum Gasteiger partial charge on any atom is -0.497 e. The summed E-state index contributed by atoms with van der Waals surface area (Å²) in [6.45, 7) is 9.86. The number of methoxy groups -OCH3 is 1. The number of ether oxygens (including phenoxy) is 1. The molecule has 164 valence electrons. The van der Waals surface area contributed by atoms with E-state index < -0.39 is 0 Å². The third-order valence-corrected chi connectivity index (χ3v) is 5.49. The van der Waals surface area contributed by atoms with Crippen LogP contribution in [0.2, 0.25) is 0 Å². The molecule has 1 aromatic heterocycles. The van der Waals surface area contributed by atoms with Crippen molar-refractivity contribution >= 4 is 5.91 Å². The summed E-state index contributed by atoms with van der Waals surface area (Å²) in [5.41, 5.74) is 0.874. The van der Waals surface area contributed by atoms with Crippen LogP contribution < -0.4 is 10.1 Å². The number of benzene rings is 1. The number of nitrogens with zero attached hydrogens (tertiary/aromatic N) is 3. The Bertz CT molecular complexity index is 795. The first-order chi connectivity index (χ1) is 14.4. The Labute approximate surface area is 179 Å². The van der Waals surface area contributed by atoms with Crippen LogP contribution in [-0.2, 0) is 11.2 Å². The fourth-order valence-electron chi connectivity index (χ4n) is 4.33. The lowest BCUT2D eigenvalue weighted by atomic mass is 9.92. The second-order valence-corrected chi connectivity index (χ2v) is 8.73. The molecule has 1 aliphatic heterocycles. The lowest BCUT2D eigenvalue weighted by molar-refractivity contribution is -0.121. The summed E-state index contributed by atoms with van der Waals surface area (Å²) in [6, 6.07) is 7.67. The number of rotatable bonds is 9. The van der Waals surface area contributed by atoms with Crippen LogP contribution in [0.1, 0.15) is 45.9 Å². The van der Waals surface area contributed by atoms with Crippen molar-refractivity contribution in [3.8, 4) is 17.1 Å². The summed E-state index contributed by atoms with van der Waals surface area (Å²) < 4.78 is 10.5. The highest BCUT2D eigenvalue weighted by atomic mass is 16.5. The van der Waals surface area contributed by atoms with Gasteiger partial charge in [0, 0.05) is 44.1 Å². The Morgan fingerprint density at radius 2 is 1.97 bits per heavy atom. The van der Waals surface area contributed by atoms with Crippen molar-refractivity contribution in [2.45, 2.75) is 52.5 Å².